The number of amides is 1. The molecular formula is C14H17ClN4OS. The van der Waals surface area contributed by atoms with Gasteiger partial charge in [0.05, 0.1) is 12.1 Å². The van der Waals surface area contributed by atoms with Crippen LogP contribution < -0.4 is 5.32 Å². The van der Waals surface area contributed by atoms with E-state index in [4.69, 9.17) is 11.6 Å². The monoisotopic (exact) mass is 324 g/mol. The summed E-state index contributed by atoms with van der Waals surface area (Å²) in [5.74, 6) is 0.782. The van der Waals surface area contributed by atoms with Crippen molar-refractivity contribution in [2.75, 3.05) is 5.75 Å². The number of hydrogen-bond donors (Lipinski definition) is 1. The molecule has 0 saturated carbocycles. The molecule has 7 heteroatoms. The molecule has 21 heavy (non-hydrogen) atoms. The van der Waals surface area contributed by atoms with Crippen LogP contribution >= 0.6 is 23.4 Å². The van der Waals surface area contributed by atoms with Gasteiger partial charge < -0.3 is 5.32 Å². The quantitative estimate of drug-likeness (QED) is 0.830. The standard InChI is InChI=1S/C14H17ClN4OS/c1-3-21-13-6-11(15)4-5-12(13)14(20)18-10(2)7-19-9-16-8-17-19/h4-6,8-10H,3,7H2,1-2H3,(H,18,20)/t10-/m1/s1. The molecule has 1 aromatic heterocycles. The number of halogens is 1. The Balaban J connectivity index is 2.05. The number of aromatic nitrogens is 3. The van der Waals surface area contributed by atoms with E-state index in [-0.39, 0.29) is 11.9 Å². The highest BCUT2D eigenvalue weighted by molar-refractivity contribution is 7.99. The third kappa shape index (κ3) is 4.47. The molecule has 0 fully saturated rings. The Kier molecular flexibility index (Phi) is 5.64. The zero-order valence-electron chi connectivity index (χ0n) is 11.9. The Morgan fingerprint density at radius 2 is 2.33 bits per heavy atom. The third-order valence-corrected chi connectivity index (χ3v) is 3.97. The lowest BCUT2D eigenvalue weighted by Gasteiger charge is -2.15. The molecule has 1 atom stereocenters. The molecule has 1 N–H and O–H groups in total. The Morgan fingerprint density at radius 1 is 1.52 bits per heavy atom. The summed E-state index contributed by atoms with van der Waals surface area (Å²) in [5.41, 5.74) is 0.650. The van der Waals surface area contributed by atoms with Crippen molar-refractivity contribution < 1.29 is 4.79 Å². The van der Waals surface area contributed by atoms with Crippen LogP contribution in [-0.2, 0) is 6.54 Å². The summed E-state index contributed by atoms with van der Waals surface area (Å²) in [6.45, 7) is 4.55. The van der Waals surface area contributed by atoms with E-state index in [9.17, 15) is 4.79 Å². The molecule has 2 rings (SSSR count). The normalized spacial score (nSPS) is 12.1. The minimum atomic E-state index is -0.102. The van der Waals surface area contributed by atoms with Gasteiger partial charge in [-0.25, -0.2) is 4.98 Å². The van der Waals surface area contributed by atoms with Crippen molar-refractivity contribution >= 4 is 29.3 Å². The van der Waals surface area contributed by atoms with Crippen LogP contribution in [0.25, 0.3) is 0 Å². The van der Waals surface area contributed by atoms with Crippen LogP contribution in [0.15, 0.2) is 35.7 Å². The van der Waals surface area contributed by atoms with Crippen LogP contribution in [0.2, 0.25) is 5.02 Å². The summed E-state index contributed by atoms with van der Waals surface area (Å²) in [7, 11) is 0. The van der Waals surface area contributed by atoms with Gasteiger partial charge in [-0.15, -0.1) is 11.8 Å². The second-order valence-corrected chi connectivity index (χ2v) is 6.31. The van der Waals surface area contributed by atoms with Crippen molar-refractivity contribution in [3.8, 4) is 0 Å². The van der Waals surface area contributed by atoms with Crippen LogP contribution in [0, 0.1) is 0 Å². The number of rotatable bonds is 6. The number of nitrogens with zero attached hydrogens (tertiary/aromatic N) is 3. The lowest BCUT2D eigenvalue weighted by Crippen LogP contribution is -2.36. The summed E-state index contributed by atoms with van der Waals surface area (Å²) in [6, 6.07) is 5.28. The maximum Gasteiger partial charge on any atom is 0.252 e. The van der Waals surface area contributed by atoms with Gasteiger partial charge in [0.15, 0.2) is 0 Å². The average molecular weight is 325 g/mol. The van der Waals surface area contributed by atoms with E-state index in [1.54, 1.807) is 34.9 Å². The lowest BCUT2D eigenvalue weighted by atomic mass is 10.2. The summed E-state index contributed by atoms with van der Waals surface area (Å²) < 4.78 is 1.69. The minimum Gasteiger partial charge on any atom is -0.348 e. The van der Waals surface area contributed by atoms with Crippen LogP contribution in [0.3, 0.4) is 0 Å². The molecule has 1 heterocycles. The molecule has 0 aliphatic heterocycles. The molecule has 2 aromatic rings. The van der Waals surface area contributed by atoms with Crippen molar-refractivity contribution in [1.82, 2.24) is 20.1 Å². The molecule has 1 aromatic carbocycles. The first kappa shape index (κ1) is 15.9. The van der Waals surface area contributed by atoms with Crippen LogP contribution in [0.4, 0.5) is 0 Å². The maximum absolute atomic E-state index is 12.4. The van der Waals surface area contributed by atoms with Gasteiger partial charge in [0, 0.05) is 16.0 Å². The van der Waals surface area contributed by atoms with Gasteiger partial charge in [-0.3, -0.25) is 9.48 Å². The number of benzene rings is 1. The zero-order chi connectivity index (χ0) is 15.2. The lowest BCUT2D eigenvalue weighted by molar-refractivity contribution is 0.0933. The van der Waals surface area contributed by atoms with Crippen LogP contribution in [0.5, 0.6) is 0 Å². The summed E-state index contributed by atoms with van der Waals surface area (Å²) >= 11 is 7.60. The maximum atomic E-state index is 12.4. The number of hydrogen-bond acceptors (Lipinski definition) is 4. The Hall–Kier alpha value is -1.53. The molecule has 1 amide bonds. The average Bonchev–Trinajstić information content (AvgIpc) is 2.91. The predicted molar refractivity (Wildman–Crippen MR) is 84.8 cm³/mol. The van der Waals surface area contributed by atoms with E-state index in [0.29, 0.717) is 17.1 Å². The van der Waals surface area contributed by atoms with Gasteiger partial charge in [0.1, 0.15) is 12.7 Å². The smallest absolute Gasteiger partial charge is 0.252 e. The van der Waals surface area contributed by atoms with Crippen molar-refractivity contribution in [2.45, 2.75) is 31.3 Å². The SMILES string of the molecule is CCSc1cc(Cl)ccc1C(=O)N[C@H](C)Cn1cncn1. The highest BCUT2D eigenvalue weighted by Gasteiger charge is 2.14. The number of thioether (sulfide) groups is 1. The summed E-state index contributed by atoms with van der Waals surface area (Å²) in [5, 5.41) is 7.63. The van der Waals surface area contributed by atoms with Gasteiger partial charge >= 0.3 is 0 Å². The molecule has 5 nitrogen and oxygen atoms in total. The first-order valence-corrected chi connectivity index (χ1v) is 8.02. The second kappa shape index (κ2) is 7.47. The molecule has 0 aliphatic carbocycles. The van der Waals surface area contributed by atoms with E-state index in [2.05, 4.69) is 15.4 Å². The molecule has 0 bridgehead atoms. The Labute approximate surface area is 133 Å². The summed E-state index contributed by atoms with van der Waals surface area (Å²) in [4.78, 5) is 17.2. The van der Waals surface area contributed by atoms with E-state index in [1.165, 1.54) is 6.33 Å². The fourth-order valence-corrected chi connectivity index (χ4v) is 2.99. The second-order valence-electron chi connectivity index (χ2n) is 4.57. The molecule has 0 radical (unpaired) electrons. The van der Waals surface area contributed by atoms with Gasteiger partial charge in [0.2, 0.25) is 0 Å². The topological polar surface area (TPSA) is 59.8 Å². The first-order valence-electron chi connectivity index (χ1n) is 6.65. The van der Waals surface area contributed by atoms with E-state index in [1.807, 2.05) is 19.9 Å². The van der Waals surface area contributed by atoms with Crippen LogP contribution in [-0.4, -0.2) is 32.5 Å². The highest BCUT2D eigenvalue weighted by atomic mass is 35.5. The molecular weight excluding hydrogens is 308 g/mol. The fraction of sp³-hybridized carbons (Fsp3) is 0.357. The van der Waals surface area contributed by atoms with Crippen molar-refractivity contribution in [2.24, 2.45) is 0 Å². The summed E-state index contributed by atoms with van der Waals surface area (Å²) in [6.07, 6.45) is 3.10. The molecule has 0 spiro atoms. The van der Waals surface area contributed by atoms with Gasteiger partial charge in [0.25, 0.3) is 5.91 Å². The van der Waals surface area contributed by atoms with Crippen molar-refractivity contribution in [3.63, 3.8) is 0 Å². The third-order valence-electron chi connectivity index (χ3n) is 2.79. The Bertz CT molecular complexity index is 603. The first-order chi connectivity index (χ1) is 10.1. The zero-order valence-corrected chi connectivity index (χ0v) is 13.5. The van der Waals surface area contributed by atoms with E-state index < -0.39 is 0 Å². The Morgan fingerprint density at radius 3 is 3.00 bits per heavy atom. The van der Waals surface area contributed by atoms with Gasteiger partial charge in [-0.2, -0.15) is 5.10 Å². The molecule has 0 aliphatic rings. The van der Waals surface area contributed by atoms with Crippen LogP contribution in [0.1, 0.15) is 24.2 Å². The van der Waals surface area contributed by atoms with Crippen molar-refractivity contribution in [3.05, 3.63) is 41.4 Å². The van der Waals surface area contributed by atoms with Gasteiger partial charge in [-0.1, -0.05) is 18.5 Å². The predicted octanol–water partition coefficient (Wildman–Crippen LogP) is 2.86. The van der Waals surface area contributed by atoms with E-state index >= 15 is 0 Å². The number of nitrogens with one attached hydrogen (secondary N) is 1. The molecule has 112 valence electrons. The molecule has 0 saturated heterocycles. The largest absolute Gasteiger partial charge is 0.348 e. The number of carbonyl (C=O) groups is 1. The highest BCUT2D eigenvalue weighted by Crippen LogP contribution is 2.26. The van der Waals surface area contributed by atoms with E-state index in [0.717, 1.165) is 10.6 Å². The number of carbonyl (C=O) groups excluding carboxylic acids is 1. The van der Waals surface area contributed by atoms with Crippen molar-refractivity contribution in [1.29, 1.82) is 0 Å². The van der Waals surface area contributed by atoms with Gasteiger partial charge in [-0.05, 0) is 30.9 Å². The minimum absolute atomic E-state index is 0.0469. The molecule has 0 unspecified atom stereocenters. The fourth-order valence-electron chi connectivity index (χ4n) is 1.91.